The van der Waals surface area contributed by atoms with Crippen molar-refractivity contribution in [3.05, 3.63) is 64.7 Å². The molecule has 0 saturated heterocycles. The second-order valence-corrected chi connectivity index (χ2v) is 5.00. The summed E-state index contributed by atoms with van der Waals surface area (Å²) < 4.78 is 0. The summed E-state index contributed by atoms with van der Waals surface area (Å²) in [6.07, 6.45) is 0. The molecule has 1 atom stereocenters. The number of aliphatic hydroxyl groups is 1. The van der Waals surface area contributed by atoms with Crippen molar-refractivity contribution in [2.45, 2.75) is 19.6 Å². The van der Waals surface area contributed by atoms with Gasteiger partial charge in [0.05, 0.1) is 12.6 Å². The first-order valence-electron chi connectivity index (χ1n) is 6.31. The minimum Gasteiger partial charge on any atom is -0.392 e. The summed E-state index contributed by atoms with van der Waals surface area (Å²) in [5.74, 6) is 0. The predicted molar refractivity (Wildman–Crippen MR) is 80.6 cm³/mol. The van der Waals surface area contributed by atoms with Gasteiger partial charge in [-0.05, 0) is 24.6 Å². The molecule has 2 rings (SSSR count). The zero-order valence-corrected chi connectivity index (χ0v) is 11.9. The Morgan fingerprint density at radius 3 is 2.42 bits per heavy atom. The summed E-state index contributed by atoms with van der Waals surface area (Å²) in [4.78, 5) is 2.13. The maximum Gasteiger partial charge on any atom is 0.0702 e. The highest BCUT2D eigenvalue weighted by Gasteiger charge is 2.16. The fourth-order valence-electron chi connectivity index (χ4n) is 2.22. The van der Waals surface area contributed by atoms with Crippen molar-refractivity contribution in [1.29, 1.82) is 0 Å². The topological polar surface area (TPSA) is 23.5 Å². The van der Waals surface area contributed by atoms with Crippen molar-refractivity contribution >= 4 is 17.3 Å². The third kappa shape index (κ3) is 2.91. The lowest BCUT2D eigenvalue weighted by Crippen LogP contribution is -2.23. The van der Waals surface area contributed by atoms with Crippen molar-refractivity contribution in [3.63, 3.8) is 0 Å². The highest BCUT2D eigenvalue weighted by molar-refractivity contribution is 6.31. The summed E-state index contributed by atoms with van der Waals surface area (Å²) in [7, 11) is 2.02. The minimum atomic E-state index is 0.0375. The first-order chi connectivity index (χ1) is 9.15. The fraction of sp³-hybridized carbons (Fsp3) is 0.250. The third-order valence-corrected chi connectivity index (χ3v) is 3.82. The lowest BCUT2D eigenvalue weighted by Gasteiger charge is -2.29. The highest BCUT2D eigenvalue weighted by Crippen LogP contribution is 2.31. The first kappa shape index (κ1) is 13.9. The first-order valence-corrected chi connectivity index (χ1v) is 6.69. The molecule has 0 aliphatic carbocycles. The molecule has 0 aliphatic heterocycles. The van der Waals surface area contributed by atoms with Gasteiger partial charge in [0.2, 0.25) is 0 Å². The van der Waals surface area contributed by atoms with Gasteiger partial charge in [0.25, 0.3) is 0 Å². The largest absolute Gasteiger partial charge is 0.392 e. The van der Waals surface area contributed by atoms with E-state index in [0.717, 1.165) is 21.8 Å². The van der Waals surface area contributed by atoms with Crippen molar-refractivity contribution in [2.75, 3.05) is 11.9 Å². The van der Waals surface area contributed by atoms with Crippen molar-refractivity contribution in [1.82, 2.24) is 0 Å². The summed E-state index contributed by atoms with van der Waals surface area (Å²) in [5, 5.41) is 10.2. The number of anilines is 1. The minimum absolute atomic E-state index is 0.0375. The van der Waals surface area contributed by atoms with Crippen LogP contribution in [0.25, 0.3) is 0 Å². The molecule has 0 saturated carbocycles. The smallest absolute Gasteiger partial charge is 0.0702 e. The normalized spacial score (nSPS) is 12.2. The number of hydrogen-bond acceptors (Lipinski definition) is 2. The summed E-state index contributed by atoms with van der Waals surface area (Å²) >= 11 is 6.25. The van der Waals surface area contributed by atoms with Gasteiger partial charge in [-0.3, -0.25) is 0 Å². The molecule has 0 aliphatic rings. The van der Waals surface area contributed by atoms with E-state index in [4.69, 9.17) is 11.6 Å². The quantitative estimate of drug-likeness (QED) is 0.911. The zero-order valence-electron chi connectivity index (χ0n) is 11.2. The van der Waals surface area contributed by atoms with Crippen LogP contribution in [-0.4, -0.2) is 12.2 Å². The number of halogens is 1. The number of rotatable bonds is 4. The van der Waals surface area contributed by atoms with Crippen LogP contribution in [0.5, 0.6) is 0 Å². The molecule has 1 unspecified atom stereocenters. The maximum absolute atomic E-state index is 9.42. The van der Waals surface area contributed by atoms with E-state index in [-0.39, 0.29) is 12.6 Å². The fourth-order valence-corrected chi connectivity index (χ4v) is 2.51. The Balaban J connectivity index is 2.34. The molecular formula is C16H18ClNO. The second kappa shape index (κ2) is 6.09. The van der Waals surface area contributed by atoms with Crippen LogP contribution >= 0.6 is 11.6 Å². The van der Waals surface area contributed by atoms with E-state index < -0.39 is 0 Å². The molecule has 19 heavy (non-hydrogen) atoms. The van der Waals surface area contributed by atoms with Crippen LogP contribution in [0.15, 0.2) is 48.5 Å². The van der Waals surface area contributed by atoms with Crippen LogP contribution in [0.1, 0.15) is 24.1 Å². The van der Waals surface area contributed by atoms with Crippen LogP contribution in [0.3, 0.4) is 0 Å². The van der Waals surface area contributed by atoms with E-state index in [0.29, 0.717) is 0 Å². The van der Waals surface area contributed by atoms with E-state index >= 15 is 0 Å². The van der Waals surface area contributed by atoms with Gasteiger partial charge in [-0.1, -0.05) is 48.0 Å². The molecule has 0 fully saturated rings. The van der Waals surface area contributed by atoms with Gasteiger partial charge in [-0.15, -0.1) is 0 Å². The average Bonchev–Trinajstić information content (AvgIpc) is 2.46. The Hall–Kier alpha value is -1.51. The molecule has 0 amide bonds. The van der Waals surface area contributed by atoms with Gasteiger partial charge in [0.1, 0.15) is 0 Å². The van der Waals surface area contributed by atoms with Gasteiger partial charge < -0.3 is 10.0 Å². The SMILES string of the molecule is CC(c1ccccc1Cl)N(C)c1ccccc1CO. The maximum atomic E-state index is 9.42. The Morgan fingerprint density at radius 1 is 1.11 bits per heavy atom. The standard InChI is InChI=1S/C16H18ClNO/c1-12(14-8-4-5-9-15(14)17)18(2)16-10-6-3-7-13(16)11-19/h3-10,12,19H,11H2,1-2H3. The van der Waals surface area contributed by atoms with E-state index in [1.165, 1.54) is 0 Å². The molecule has 100 valence electrons. The highest BCUT2D eigenvalue weighted by atomic mass is 35.5. The van der Waals surface area contributed by atoms with Crippen LogP contribution in [0.2, 0.25) is 5.02 Å². The van der Waals surface area contributed by atoms with E-state index in [2.05, 4.69) is 11.8 Å². The Bertz CT molecular complexity index is 556. The molecule has 2 aromatic rings. The Morgan fingerprint density at radius 2 is 1.74 bits per heavy atom. The number of nitrogens with zero attached hydrogens (tertiary/aromatic N) is 1. The third-order valence-electron chi connectivity index (χ3n) is 3.48. The van der Waals surface area contributed by atoms with E-state index in [9.17, 15) is 5.11 Å². The molecule has 0 heterocycles. The molecule has 0 aromatic heterocycles. The average molecular weight is 276 g/mol. The second-order valence-electron chi connectivity index (χ2n) is 4.60. The number of hydrogen-bond donors (Lipinski definition) is 1. The van der Waals surface area contributed by atoms with Gasteiger partial charge in [-0.2, -0.15) is 0 Å². The molecule has 0 radical (unpaired) electrons. The molecule has 0 spiro atoms. The van der Waals surface area contributed by atoms with Gasteiger partial charge >= 0.3 is 0 Å². The number of para-hydroxylation sites is 1. The van der Waals surface area contributed by atoms with Crippen LogP contribution in [0.4, 0.5) is 5.69 Å². The van der Waals surface area contributed by atoms with Gasteiger partial charge in [0.15, 0.2) is 0 Å². The van der Waals surface area contributed by atoms with E-state index in [1.54, 1.807) is 0 Å². The molecule has 2 nitrogen and oxygen atoms in total. The molecule has 0 bridgehead atoms. The molecule has 3 heteroatoms. The Kier molecular flexibility index (Phi) is 4.46. The Labute approximate surface area is 119 Å². The summed E-state index contributed by atoms with van der Waals surface area (Å²) in [5.41, 5.74) is 3.03. The van der Waals surface area contributed by atoms with Crippen LogP contribution in [0, 0.1) is 0 Å². The zero-order chi connectivity index (χ0) is 13.8. The van der Waals surface area contributed by atoms with Gasteiger partial charge in [0, 0.05) is 23.3 Å². The summed E-state index contributed by atoms with van der Waals surface area (Å²) in [6, 6.07) is 15.9. The van der Waals surface area contributed by atoms with Crippen LogP contribution < -0.4 is 4.90 Å². The monoisotopic (exact) mass is 275 g/mol. The van der Waals surface area contributed by atoms with Gasteiger partial charge in [-0.25, -0.2) is 0 Å². The lowest BCUT2D eigenvalue weighted by molar-refractivity contribution is 0.282. The molecule has 1 N–H and O–H groups in total. The lowest BCUT2D eigenvalue weighted by atomic mass is 10.1. The van der Waals surface area contributed by atoms with Crippen molar-refractivity contribution in [2.24, 2.45) is 0 Å². The number of benzene rings is 2. The predicted octanol–water partition coefficient (Wildman–Crippen LogP) is 4.03. The number of aliphatic hydroxyl groups excluding tert-OH is 1. The molecule has 2 aromatic carbocycles. The van der Waals surface area contributed by atoms with Crippen molar-refractivity contribution in [3.8, 4) is 0 Å². The summed E-state index contributed by atoms with van der Waals surface area (Å²) in [6.45, 7) is 2.14. The van der Waals surface area contributed by atoms with Crippen molar-refractivity contribution < 1.29 is 5.11 Å². The van der Waals surface area contributed by atoms with E-state index in [1.807, 2.05) is 55.6 Å². The van der Waals surface area contributed by atoms with Crippen LogP contribution in [-0.2, 0) is 6.61 Å². The molecular weight excluding hydrogens is 258 g/mol.